The number of likely N-dealkylation sites (tertiary alicyclic amines) is 1. The summed E-state index contributed by atoms with van der Waals surface area (Å²) >= 11 is 1.85. The van der Waals surface area contributed by atoms with E-state index in [1.807, 2.05) is 15.6 Å². The number of sulfonamides is 1. The van der Waals surface area contributed by atoms with Crippen molar-refractivity contribution in [3.63, 3.8) is 0 Å². The number of aryl methyl sites for hydroxylation is 1. The molecule has 1 aromatic rings. The molecule has 0 aliphatic carbocycles. The van der Waals surface area contributed by atoms with Crippen molar-refractivity contribution in [1.82, 2.24) is 9.21 Å². The van der Waals surface area contributed by atoms with Gasteiger partial charge in [0, 0.05) is 34.9 Å². The van der Waals surface area contributed by atoms with Gasteiger partial charge in [-0.1, -0.05) is 6.42 Å². The van der Waals surface area contributed by atoms with Crippen LogP contribution in [-0.2, 0) is 21.4 Å². The average Bonchev–Trinajstić information content (AvgIpc) is 2.99. The summed E-state index contributed by atoms with van der Waals surface area (Å²) < 4.78 is 58.0. The van der Waals surface area contributed by atoms with Crippen LogP contribution in [0, 0.1) is 6.92 Å². The van der Waals surface area contributed by atoms with Crippen molar-refractivity contribution < 1.29 is 31.5 Å². The summed E-state index contributed by atoms with van der Waals surface area (Å²) in [7, 11) is -3.12. The summed E-state index contributed by atoms with van der Waals surface area (Å²) in [4.78, 5) is 14.1. The Morgan fingerprint density at radius 2 is 1.83 bits per heavy atom. The molecule has 1 atom stereocenters. The number of carbonyl (C=O) groups is 1. The van der Waals surface area contributed by atoms with Crippen LogP contribution in [0.3, 0.4) is 0 Å². The molecule has 1 N–H and O–H groups in total. The van der Waals surface area contributed by atoms with Gasteiger partial charge in [0.2, 0.25) is 10.0 Å². The Bertz CT molecular complexity index is 806. The predicted molar refractivity (Wildman–Crippen MR) is 105 cm³/mol. The van der Waals surface area contributed by atoms with Crippen LogP contribution >= 0.6 is 11.3 Å². The smallest absolute Gasteiger partial charge is 0.475 e. The van der Waals surface area contributed by atoms with Gasteiger partial charge in [-0.15, -0.1) is 11.3 Å². The number of alkyl halides is 3. The molecule has 3 heterocycles. The standard InChI is InChI=1S/C16H26N2O2S2.C2HF3O2/c1-14-6-7-15(21-14)12-17-10-5-9-16(13-17)8-3-4-11-18(16)22(2,19)20;3-2(4,5)1(6)7/h6-7H,3-5,8-13H2,1-2H3;(H,6,7). The summed E-state index contributed by atoms with van der Waals surface area (Å²) in [6.07, 6.45) is 1.56. The van der Waals surface area contributed by atoms with Crippen LogP contribution in [0.4, 0.5) is 13.2 Å². The molecule has 6 nitrogen and oxygen atoms in total. The lowest BCUT2D eigenvalue weighted by molar-refractivity contribution is -0.192. The Morgan fingerprint density at radius 1 is 1.21 bits per heavy atom. The molecule has 0 bridgehead atoms. The van der Waals surface area contributed by atoms with Gasteiger partial charge in [-0.2, -0.15) is 17.5 Å². The number of thiophene rings is 1. The fourth-order valence-electron chi connectivity index (χ4n) is 4.13. The quantitative estimate of drug-likeness (QED) is 0.754. The number of rotatable bonds is 3. The van der Waals surface area contributed by atoms with E-state index in [9.17, 15) is 21.6 Å². The first-order valence-electron chi connectivity index (χ1n) is 9.39. The molecule has 0 aromatic carbocycles. The zero-order valence-electron chi connectivity index (χ0n) is 16.5. The third-order valence-corrected chi connectivity index (χ3v) is 7.59. The van der Waals surface area contributed by atoms with E-state index in [4.69, 9.17) is 9.90 Å². The van der Waals surface area contributed by atoms with Crippen molar-refractivity contribution in [3.05, 3.63) is 21.9 Å². The molecule has 29 heavy (non-hydrogen) atoms. The number of halogens is 3. The van der Waals surface area contributed by atoms with Gasteiger partial charge in [-0.05, 0) is 51.3 Å². The second-order valence-electron chi connectivity index (χ2n) is 7.65. The molecule has 2 saturated heterocycles. The molecule has 0 radical (unpaired) electrons. The molecule has 0 amide bonds. The molecular weight excluding hydrogens is 429 g/mol. The van der Waals surface area contributed by atoms with Crippen molar-refractivity contribution in [2.75, 3.05) is 25.9 Å². The molecular formula is C18H27F3N2O4S2. The third-order valence-electron chi connectivity index (χ3n) is 5.24. The Morgan fingerprint density at radius 3 is 2.34 bits per heavy atom. The van der Waals surface area contributed by atoms with Crippen LogP contribution in [0.25, 0.3) is 0 Å². The monoisotopic (exact) mass is 456 g/mol. The van der Waals surface area contributed by atoms with Crippen molar-refractivity contribution in [1.29, 1.82) is 0 Å². The number of piperidine rings is 2. The maximum absolute atomic E-state index is 12.2. The Balaban J connectivity index is 0.000000370. The maximum Gasteiger partial charge on any atom is 0.490 e. The van der Waals surface area contributed by atoms with Gasteiger partial charge >= 0.3 is 12.1 Å². The lowest BCUT2D eigenvalue weighted by Gasteiger charge is -2.51. The molecule has 11 heteroatoms. The number of carboxylic acids is 1. The Labute approximate surface area is 173 Å². The van der Waals surface area contributed by atoms with Crippen LogP contribution < -0.4 is 0 Å². The third kappa shape index (κ3) is 6.66. The first kappa shape index (κ1) is 24.1. The molecule has 2 aliphatic heterocycles. The van der Waals surface area contributed by atoms with E-state index < -0.39 is 22.2 Å². The van der Waals surface area contributed by atoms with Crippen LogP contribution in [0.15, 0.2) is 12.1 Å². The van der Waals surface area contributed by atoms with E-state index in [0.717, 1.165) is 51.7 Å². The van der Waals surface area contributed by atoms with E-state index in [1.165, 1.54) is 16.0 Å². The Hall–Kier alpha value is -1.17. The minimum Gasteiger partial charge on any atom is -0.475 e. The van der Waals surface area contributed by atoms with E-state index in [2.05, 4.69) is 24.0 Å². The highest BCUT2D eigenvalue weighted by Crippen LogP contribution is 2.38. The fraction of sp³-hybridized carbons (Fsp3) is 0.722. The molecule has 1 spiro atoms. The van der Waals surface area contributed by atoms with Gasteiger partial charge in [0.25, 0.3) is 0 Å². The zero-order valence-corrected chi connectivity index (χ0v) is 18.2. The van der Waals surface area contributed by atoms with Crippen molar-refractivity contribution in [2.24, 2.45) is 0 Å². The molecule has 1 aromatic heterocycles. The minimum absolute atomic E-state index is 0.156. The van der Waals surface area contributed by atoms with E-state index in [1.54, 1.807) is 0 Å². The lowest BCUT2D eigenvalue weighted by Crippen LogP contribution is -2.61. The van der Waals surface area contributed by atoms with E-state index in [-0.39, 0.29) is 5.54 Å². The highest BCUT2D eigenvalue weighted by molar-refractivity contribution is 7.88. The van der Waals surface area contributed by atoms with Crippen LogP contribution in [0.5, 0.6) is 0 Å². The number of carboxylic acid groups (broad SMARTS) is 1. The number of hydrogen-bond acceptors (Lipinski definition) is 5. The zero-order chi connectivity index (χ0) is 21.9. The van der Waals surface area contributed by atoms with Gasteiger partial charge in [-0.25, -0.2) is 13.2 Å². The van der Waals surface area contributed by atoms with Crippen molar-refractivity contribution in [2.45, 2.75) is 57.3 Å². The summed E-state index contributed by atoms with van der Waals surface area (Å²) in [5.41, 5.74) is -0.156. The van der Waals surface area contributed by atoms with Crippen LogP contribution in [0.2, 0.25) is 0 Å². The van der Waals surface area contributed by atoms with Crippen LogP contribution in [0.1, 0.15) is 41.9 Å². The SMILES string of the molecule is Cc1ccc(CN2CCCC3(CCCCN3S(C)(=O)=O)C2)s1.O=C(O)C(F)(F)F. The molecule has 166 valence electrons. The largest absolute Gasteiger partial charge is 0.490 e. The average molecular weight is 457 g/mol. The second-order valence-corrected chi connectivity index (χ2v) is 10.9. The maximum atomic E-state index is 12.2. The minimum atomic E-state index is -5.08. The molecule has 1 unspecified atom stereocenters. The fourth-order valence-corrected chi connectivity index (χ4v) is 6.47. The lowest BCUT2D eigenvalue weighted by atomic mass is 9.81. The molecule has 2 fully saturated rings. The van der Waals surface area contributed by atoms with E-state index >= 15 is 0 Å². The molecule has 2 aliphatic rings. The first-order chi connectivity index (χ1) is 13.3. The first-order valence-corrected chi connectivity index (χ1v) is 12.1. The van der Waals surface area contributed by atoms with Gasteiger partial charge in [0.1, 0.15) is 0 Å². The normalized spacial score (nSPS) is 24.2. The number of hydrogen-bond donors (Lipinski definition) is 1. The summed E-state index contributed by atoms with van der Waals surface area (Å²) in [5, 5.41) is 7.12. The summed E-state index contributed by atoms with van der Waals surface area (Å²) in [6, 6.07) is 4.37. The highest BCUT2D eigenvalue weighted by atomic mass is 32.2. The molecule has 3 rings (SSSR count). The van der Waals surface area contributed by atoms with Crippen molar-refractivity contribution >= 4 is 27.3 Å². The predicted octanol–water partition coefficient (Wildman–Crippen LogP) is 3.47. The van der Waals surface area contributed by atoms with Gasteiger partial charge in [0.05, 0.1) is 6.26 Å². The summed E-state index contributed by atoms with van der Waals surface area (Å²) in [6.45, 7) is 5.76. The van der Waals surface area contributed by atoms with Gasteiger partial charge in [-0.3, -0.25) is 4.90 Å². The van der Waals surface area contributed by atoms with Gasteiger partial charge in [0.15, 0.2) is 0 Å². The summed E-state index contributed by atoms with van der Waals surface area (Å²) in [5.74, 6) is -2.76. The van der Waals surface area contributed by atoms with E-state index in [0.29, 0.717) is 6.54 Å². The number of nitrogens with zero attached hydrogens (tertiary/aromatic N) is 2. The van der Waals surface area contributed by atoms with Crippen molar-refractivity contribution in [3.8, 4) is 0 Å². The number of aliphatic carboxylic acids is 1. The van der Waals surface area contributed by atoms with Crippen LogP contribution in [-0.4, -0.2) is 66.3 Å². The Kier molecular flexibility index (Phi) is 7.74. The molecule has 0 saturated carbocycles. The topological polar surface area (TPSA) is 77.9 Å². The second kappa shape index (κ2) is 9.32. The van der Waals surface area contributed by atoms with Gasteiger partial charge < -0.3 is 5.11 Å². The highest BCUT2D eigenvalue weighted by Gasteiger charge is 2.46.